The fraction of sp³-hybridized carbons (Fsp3) is 0.200. The van der Waals surface area contributed by atoms with Crippen LogP contribution in [0, 0.1) is 0 Å². The van der Waals surface area contributed by atoms with Crippen molar-refractivity contribution >= 4 is 23.2 Å². The molecule has 0 unspecified atom stereocenters. The van der Waals surface area contributed by atoms with Gasteiger partial charge >= 0.3 is 0 Å². The summed E-state index contributed by atoms with van der Waals surface area (Å²) in [6.07, 6.45) is 0. The molecular formula is C15H15Cl2NO2. The van der Waals surface area contributed by atoms with Crippen LogP contribution in [0.25, 0.3) is 0 Å². The van der Waals surface area contributed by atoms with Crippen molar-refractivity contribution in [2.45, 2.75) is 13.2 Å². The van der Waals surface area contributed by atoms with Crippen molar-refractivity contribution in [2.75, 3.05) is 7.11 Å². The van der Waals surface area contributed by atoms with E-state index in [0.717, 1.165) is 16.9 Å². The van der Waals surface area contributed by atoms with E-state index in [1.165, 1.54) is 0 Å². The Hall–Kier alpha value is -1.42. The van der Waals surface area contributed by atoms with Crippen molar-refractivity contribution in [3.63, 3.8) is 0 Å². The number of methoxy groups -OCH3 is 1. The Balaban J connectivity index is 2.17. The average Bonchev–Trinajstić information content (AvgIpc) is 2.43. The standard InChI is InChI=1S/C15H15Cl2NO2/c1-19-15-3-2-10(8-18)4-11(15)9-20-14-6-12(16)5-13(17)7-14/h2-7H,8-9,18H2,1H3. The third kappa shape index (κ3) is 3.79. The Morgan fingerprint density at radius 1 is 1.05 bits per heavy atom. The van der Waals surface area contributed by atoms with Crippen LogP contribution in [0.1, 0.15) is 11.1 Å². The summed E-state index contributed by atoms with van der Waals surface area (Å²) in [6.45, 7) is 0.827. The van der Waals surface area contributed by atoms with Gasteiger partial charge < -0.3 is 15.2 Å². The summed E-state index contributed by atoms with van der Waals surface area (Å²) in [6, 6.07) is 10.9. The second-order valence-electron chi connectivity index (χ2n) is 4.24. The van der Waals surface area contributed by atoms with Crippen molar-refractivity contribution in [2.24, 2.45) is 5.73 Å². The first kappa shape index (κ1) is 15.0. The number of nitrogens with two attached hydrogens (primary N) is 1. The maximum absolute atomic E-state index is 5.93. The Morgan fingerprint density at radius 3 is 2.35 bits per heavy atom. The highest BCUT2D eigenvalue weighted by Crippen LogP contribution is 2.26. The second kappa shape index (κ2) is 6.84. The van der Waals surface area contributed by atoms with Crippen LogP contribution < -0.4 is 15.2 Å². The van der Waals surface area contributed by atoms with Gasteiger partial charge in [0, 0.05) is 22.2 Å². The van der Waals surface area contributed by atoms with E-state index in [-0.39, 0.29) is 0 Å². The zero-order chi connectivity index (χ0) is 14.5. The molecule has 0 radical (unpaired) electrons. The van der Waals surface area contributed by atoms with E-state index in [1.807, 2.05) is 18.2 Å². The van der Waals surface area contributed by atoms with Gasteiger partial charge in [-0.25, -0.2) is 0 Å². The van der Waals surface area contributed by atoms with Crippen molar-refractivity contribution in [3.05, 3.63) is 57.6 Å². The third-order valence-electron chi connectivity index (χ3n) is 2.81. The first-order valence-corrected chi connectivity index (χ1v) is 6.82. The lowest BCUT2D eigenvalue weighted by Gasteiger charge is -2.12. The van der Waals surface area contributed by atoms with E-state index in [4.69, 9.17) is 38.4 Å². The first-order chi connectivity index (χ1) is 9.62. The highest BCUT2D eigenvalue weighted by molar-refractivity contribution is 6.34. The molecule has 0 heterocycles. The Bertz CT molecular complexity index is 582. The molecule has 2 aromatic rings. The quantitative estimate of drug-likeness (QED) is 0.906. The van der Waals surface area contributed by atoms with Crippen molar-refractivity contribution < 1.29 is 9.47 Å². The molecule has 0 fully saturated rings. The molecule has 0 aliphatic carbocycles. The van der Waals surface area contributed by atoms with Gasteiger partial charge in [0.15, 0.2) is 0 Å². The number of benzene rings is 2. The van der Waals surface area contributed by atoms with Crippen LogP contribution in [0.5, 0.6) is 11.5 Å². The Kier molecular flexibility index (Phi) is 5.12. The molecule has 2 N–H and O–H groups in total. The number of hydrogen-bond acceptors (Lipinski definition) is 3. The molecule has 0 aliphatic rings. The minimum absolute atomic E-state index is 0.355. The van der Waals surface area contributed by atoms with Gasteiger partial charge in [-0.05, 0) is 35.9 Å². The predicted octanol–water partition coefficient (Wildman–Crippen LogP) is 4.04. The highest BCUT2D eigenvalue weighted by Gasteiger charge is 2.06. The minimum Gasteiger partial charge on any atom is -0.496 e. The lowest BCUT2D eigenvalue weighted by Crippen LogP contribution is -2.02. The van der Waals surface area contributed by atoms with Crippen LogP contribution in [0.2, 0.25) is 10.0 Å². The molecule has 106 valence electrons. The summed E-state index contributed by atoms with van der Waals surface area (Å²) >= 11 is 11.9. The van der Waals surface area contributed by atoms with Gasteiger partial charge in [0.25, 0.3) is 0 Å². The summed E-state index contributed by atoms with van der Waals surface area (Å²) in [5, 5.41) is 1.07. The summed E-state index contributed by atoms with van der Waals surface area (Å²) in [4.78, 5) is 0. The monoisotopic (exact) mass is 311 g/mol. The molecule has 2 aromatic carbocycles. The fourth-order valence-corrected chi connectivity index (χ4v) is 2.35. The fourth-order valence-electron chi connectivity index (χ4n) is 1.84. The summed E-state index contributed by atoms with van der Waals surface area (Å²) in [7, 11) is 1.62. The molecular weight excluding hydrogens is 297 g/mol. The number of ether oxygens (including phenoxy) is 2. The summed E-state index contributed by atoms with van der Waals surface area (Å²) < 4.78 is 11.0. The minimum atomic E-state index is 0.355. The lowest BCUT2D eigenvalue weighted by atomic mass is 10.1. The molecule has 0 saturated carbocycles. The number of hydrogen-bond donors (Lipinski definition) is 1. The predicted molar refractivity (Wildman–Crippen MR) is 81.7 cm³/mol. The van der Waals surface area contributed by atoms with Crippen molar-refractivity contribution in [3.8, 4) is 11.5 Å². The van der Waals surface area contributed by atoms with E-state index < -0.39 is 0 Å². The molecule has 0 saturated heterocycles. The molecule has 0 aliphatic heterocycles. The molecule has 0 amide bonds. The van der Waals surface area contributed by atoms with Gasteiger partial charge in [-0.2, -0.15) is 0 Å². The van der Waals surface area contributed by atoms with Gasteiger partial charge in [-0.3, -0.25) is 0 Å². The van der Waals surface area contributed by atoms with Gasteiger partial charge in [-0.15, -0.1) is 0 Å². The van der Waals surface area contributed by atoms with Crippen molar-refractivity contribution in [1.82, 2.24) is 0 Å². The molecule has 0 bridgehead atoms. The average molecular weight is 312 g/mol. The maximum atomic E-state index is 5.93. The Labute approximate surface area is 128 Å². The van der Waals surface area contributed by atoms with Crippen LogP contribution in [0.4, 0.5) is 0 Å². The van der Waals surface area contributed by atoms with E-state index in [0.29, 0.717) is 28.9 Å². The van der Waals surface area contributed by atoms with Crippen molar-refractivity contribution in [1.29, 1.82) is 0 Å². The smallest absolute Gasteiger partial charge is 0.125 e. The molecule has 20 heavy (non-hydrogen) atoms. The topological polar surface area (TPSA) is 44.5 Å². The number of rotatable bonds is 5. The first-order valence-electron chi connectivity index (χ1n) is 6.07. The molecule has 5 heteroatoms. The van der Waals surface area contributed by atoms with E-state index >= 15 is 0 Å². The largest absolute Gasteiger partial charge is 0.496 e. The van der Waals surface area contributed by atoms with Crippen LogP contribution in [-0.4, -0.2) is 7.11 Å². The second-order valence-corrected chi connectivity index (χ2v) is 5.12. The van der Waals surface area contributed by atoms with Crippen LogP contribution >= 0.6 is 23.2 Å². The van der Waals surface area contributed by atoms with Gasteiger partial charge in [0.1, 0.15) is 18.1 Å². The third-order valence-corrected chi connectivity index (χ3v) is 3.25. The SMILES string of the molecule is COc1ccc(CN)cc1COc1cc(Cl)cc(Cl)c1. The normalized spacial score (nSPS) is 10.4. The zero-order valence-corrected chi connectivity index (χ0v) is 12.5. The zero-order valence-electron chi connectivity index (χ0n) is 11.0. The number of halogens is 2. The molecule has 0 spiro atoms. The van der Waals surface area contributed by atoms with Crippen LogP contribution in [0.3, 0.4) is 0 Å². The van der Waals surface area contributed by atoms with Gasteiger partial charge in [-0.1, -0.05) is 29.3 Å². The lowest BCUT2D eigenvalue weighted by molar-refractivity contribution is 0.296. The highest BCUT2D eigenvalue weighted by atomic mass is 35.5. The van der Waals surface area contributed by atoms with E-state index in [9.17, 15) is 0 Å². The summed E-state index contributed by atoms with van der Waals surface area (Å²) in [5.41, 5.74) is 7.59. The Morgan fingerprint density at radius 2 is 1.75 bits per heavy atom. The molecule has 3 nitrogen and oxygen atoms in total. The maximum Gasteiger partial charge on any atom is 0.125 e. The van der Waals surface area contributed by atoms with Gasteiger partial charge in [0.2, 0.25) is 0 Å². The molecule has 0 aromatic heterocycles. The van der Waals surface area contributed by atoms with Gasteiger partial charge in [0.05, 0.1) is 7.11 Å². The van der Waals surface area contributed by atoms with E-state index in [2.05, 4.69) is 0 Å². The molecule has 2 rings (SSSR count). The van der Waals surface area contributed by atoms with Crippen LogP contribution in [-0.2, 0) is 13.2 Å². The van der Waals surface area contributed by atoms with E-state index in [1.54, 1.807) is 25.3 Å². The summed E-state index contributed by atoms with van der Waals surface area (Å²) in [5.74, 6) is 1.37. The van der Waals surface area contributed by atoms with Crippen LogP contribution in [0.15, 0.2) is 36.4 Å². The molecule has 0 atom stereocenters.